The molecule has 4 nitrogen and oxygen atoms in total. The molecule has 6 heteroatoms. The Hall–Kier alpha value is -2.82. The van der Waals surface area contributed by atoms with Crippen molar-refractivity contribution in [3.8, 4) is 0 Å². The number of rotatable bonds is 10. The van der Waals surface area contributed by atoms with Gasteiger partial charge in [-0.3, -0.25) is 9.59 Å². The molecular weight excluding hydrogens is 479 g/mol. The lowest BCUT2D eigenvalue weighted by Crippen LogP contribution is -2.51. The van der Waals surface area contributed by atoms with Gasteiger partial charge in [0.2, 0.25) is 11.8 Å². The van der Waals surface area contributed by atoms with Crippen LogP contribution in [-0.4, -0.2) is 29.3 Å². The zero-order valence-corrected chi connectivity index (χ0v) is 22.0. The molecule has 0 aliphatic rings. The van der Waals surface area contributed by atoms with E-state index in [2.05, 4.69) is 5.32 Å². The molecule has 0 saturated heterocycles. The van der Waals surface area contributed by atoms with Gasteiger partial charge in [0.15, 0.2) is 0 Å². The summed E-state index contributed by atoms with van der Waals surface area (Å²) in [7, 11) is 0. The summed E-state index contributed by atoms with van der Waals surface area (Å²) in [5.74, 6) is -0.299. The number of carbonyl (C=O) groups is 2. The molecule has 0 fully saturated rings. The number of halogens is 2. The molecule has 0 aromatic heterocycles. The number of nitrogens with zero attached hydrogens (tertiary/aromatic N) is 1. The zero-order valence-electron chi connectivity index (χ0n) is 20.5. The van der Waals surface area contributed by atoms with E-state index in [-0.39, 0.29) is 24.8 Å². The molecule has 1 N–H and O–H groups in total. The fourth-order valence-corrected chi connectivity index (χ4v) is 4.48. The molecule has 3 rings (SSSR count). The van der Waals surface area contributed by atoms with E-state index in [1.165, 1.54) is 0 Å². The molecule has 35 heavy (non-hydrogen) atoms. The Labute approximate surface area is 218 Å². The molecule has 0 saturated carbocycles. The van der Waals surface area contributed by atoms with Gasteiger partial charge < -0.3 is 10.2 Å². The first kappa shape index (κ1) is 26.8. The van der Waals surface area contributed by atoms with Gasteiger partial charge in [-0.05, 0) is 54.7 Å². The van der Waals surface area contributed by atoms with Crippen molar-refractivity contribution < 1.29 is 9.59 Å². The van der Waals surface area contributed by atoms with E-state index in [4.69, 9.17) is 23.2 Å². The number of carbonyl (C=O) groups excluding carboxylic acids is 2. The van der Waals surface area contributed by atoms with E-state index in [0.29, 0.717) is 23.0 Å². The normalized spacial score (nSPS) is 11.7. The standard InChI is InChI=1S/C29H32Cl2N2O2/c1-4-14-32-29(35)27(16-22-8-6-5-7-9-22)33(19-23-12-13-25(30)18-26(23)31)28(34)17-24-15-20(2)10-11-21(24)3/h5-13,15,18,27H,4,14,16-17,19H2,1-3H3,(H,32,35). The topological polar surface area (TPSA) is 49.4 Å². The number of hydrogen-bond donors (Lipinski definition) is 1. The van der Waals surface area contributed by atoms with Gasteiger partial charge in [-0.1, -0.05) is 90.3 Å². The van der Waals surface area contributed by atoms with Crippen molar-refractivity contribution in [1.82, 2.24) is 10.2 Å². The van der Waals surface area contributed by atoms with Crippen LogP contribution < -0.4 is 5.32 Å². The van der Waals surface area contributed by atoms with Crippen LogP contribution in [0.25, 0.3) is 0 Å². The second-order valence-corrected chi connectivity index (χ2v) is 9.70. The average molecular weight is 511 g/mol. The molecule has 0 aliphatic carbocycles. The molecule has 3 aromatic carbocycles. The summed E-state index contributed by atoms with van der Waals surface area (Å²) in [4.78, 5) is 28.9. The number of benzene rings is 3. The lowest BCUT2D eigenvalue weighted by atomic mass is 9.99. The van der Waals surface area contributed by atoms with Gasteiger partial charge in [0.05, 0.1) is 6.42 Å². The van der Waals surface area contributed by atoms with Crippen LogP contribution in [-0.2, 0) is 29.0 Å². The maximum atomic E-state index is 13.8. The highest BCUT2D eigenvalue weighted by Gasteiger charge is 2.31. The van der Waals surface area contributed by atoms with Crippen molar-refractivity contribution in [2.75, 3.05) is 6.54 Å². The predicted molar refractivity (Wildman–Crippen MR) is 144 cm³/mol. The van der Waals surface area contributed by atoms with E-state index < -0.39 is 6.04 Å². The van der Waals surface area contributed by atoms with Crippen LogP contribution in [0.5, 0.6) is 0 Å². The van der Waals surface area contributed by atoms with Gasteiger partial charge in [0.25, 0.3) is 0 Å². The summed E-state index contributed by atoms with van der Waals surface area (Å²) in [5.41, 5.74) is 4.81. The quantitative estimate of drug-likeness (QED) is 0.346. The third kappa shape index (κ3) is 7.58. The van der Waals surface area contributed by atoms with Gasteiger partial charge in [-0.25, -0.2) is 0 Å². The first-order valence-corrected chi connectivity index (χ1v) is 12.6. The summed E-state index contributed by atoms with van der Waals surface area (Å²) in [6.07, 6.45) is 1.41. The minimum atomic E-state index is -0.687. The summed E-state index contributed by atoms with van der Waals surface area (Å²) in [6, 6.07) is 20.4. The van der Waals surface area contributed by atoms with E-state index in [1.807, 2.05) is 75.4 Å². The monoisotopic (exact) mass is 510 g/mol. The van der Waals surface area contributed by atoms with Gasteiger partial charge in [-0.2, -0.15) is 0 Å². The summed E-state index contributed by atoms with van der Waals surface area (Å²) in [5, 5.41) is 3.98. The molecular formula is C29H32Cl2N2O2. The maximum Gasteiger partial charge on any atom is 0.243 e. The van der Waals surface area contributed by atoms with E-state index in [9.17, 15) is 9.59 Å². The SMILES string of the molecule is CCCNC(=O)C(Cc1ccccc1)N(Cc1ccc(Cl)cc1Cl)C(=O)Cc1cc(C)ccc1C. The number of hydrogen-bond acceptors (Lipinski definition) is 2. The molecule has 0 radical (unpaired) electrons. The lowest BCUT2D eigenvalue weighted by Gasteiger charge is -2.32. The molecule has 0 aliphatic heterocycles. The summed E-state index contributed by atoms with van der Waals surface area (Å²) in [6.45, 7) is 6.76. The molecule has 0 spiro atoms. The fraction of sp³-hybridized carbons (Fsp3) is 0.310. The molecule has 184 valence electrons. The van der Waals surface area contributed by atoms with E-state index in [1.54, 1.807) is 17.0 Å². The second kappa shape index (κ2) is 12.8. The first-order valence-electron chi connectivity index (χ1n) is 11.9. The second-order valence-electron chi connectivity index (χ2n) is 8.86. The van der Waals surface area contributed by atoms with Crippen molar-refractivity contribution in [3.63, 3.8) is 0 Å². The van der Waals surface area contributed by atoms with Crippen LogP contribution in [0.3, 0.4) is 0 Å². The van der Waals surface area contributed by atoms with Crippen molar-refractivity contribution >= 4 is 35.0 Å². The predicted octanol–water partition coefficient (Wildman–Crippen LogP) is 6.32. The molecule has 1 atom stereocenters. The number of nitrogens with one attached hydrogen (secondary N) is 1. The Kier molecular flexibility index (Phi) is 9.76. The van der Waals surface area contributed by atoms with Gasteiger partial charge in [-0.15, -0.1) is 0 Å². The molecule has 1 unspecified atom stereocenters. The average Bonchev–Trinajstić information content (AvgIpc) is 2.83. The lowest BCUT2D eigenvalue weighted by molar-refractivity contribution is -0.140. The van der Waals surface area contributed by atoms with Crippen molar-refractivity contribution in [2.24, 2.45) is 0 Å². The van der Waals surface area contributed by atoms with Gasteiger partial charge in [0.1, 0.15) is 6.04 Å². The third-order valence-electron chi connectivity index (χ3n) is 6.02. The Morgan fingerprint density at radius 2 is 1.69 bits per heavy atom. The minimum absolute atomic E-state index is 0.128. The molecule has 2 amide bonds. The Balaban J connectivity index is 2.01. The highest BCUT2D eigenvalue weighted by atomic mass is 35.5. The molecule has 0 heterocycles. The van der Waals surface area contributed by atoms with Gasteiger partial charge in [0, 0.05) is 29.6 Å². The van der Waals surface area contributed by atoms with Crippen LogP contribution in [0.1, 0.15) is 41.2 Å². The Morgan fingerprint density at radius 3 is 2.37 bits per heavy atom. The van der Waals surface area contributed by atoms with Crippen LogP contribution in [0, 0.1) is 13.8 Å². The van der Waals surface area contributed by atoms with Crippen LogP contribution in [0.4, 0.5) is 0 Å². The fourth-order valence-electron chi connectivity index (χ4n) is 4.01. The summed E-state index contributed by atoms with van der Waals surface area (Å²) < 4.78 is 0. The third-order valence-corrected chi connectivity index (χ3v) is 6.61. The highest BCUT2D eigenvalue weighted by molar-refractivity contribution is 6.35. The van der Waals surface area contributed by atoms with Crippen LogP contribution >= 0.6 is 23.2 Å². The number of aryl methyl sites for hydroxylation is 2. The first-order chi connectivity index (χ1) is 16.8. The highest BCUT2D eigenvalue weighted by Crippen LogP contribution is 2.25. The minimum Gasteiger partial charge on any atom is -0.354 e. The van der Waals surface area contributed by atoms with Crippen molar-refractivity contribution in [1.29, 1.82) is 0 Å². The Bertz CT molecular complexity index is 1160. The van der Waals surface area contributed by atoms with Gasteiger partial charge >= 0.3 is 0 Å². The summed E-state index contributed by atoms with van der Waals surface area (Å²) >= 11 is 12.6. The van der Waals surface area contributed by atoms with Crippen molar-refractivity contribution in [3.05, 3.63) is 105 Å². The number of amides is 2. The van der Waals surface area contributed by atoms with E-state index >= 15 is 0 Å². The Morgan fingerprint density at radius 1 is 0.943 bits per heavy atom. The van der Waals surface area contributed by atoms with Crippen molar-refractivity contribution in [2.45, 2.75) is 52.6 Å². The largest absolute Gasteiger partial charge is 0.354 e. The van der Waals surface area contributed by atoms with E-state index in [0.717, 1.165) is 34.2 Å². The molecule has 0 bridgehead atoms. The van der Waals surface area contributed by atoms with Crippen LogP contribution in [0.2, 0.25) is 10.0 Å². The zero-order chi connectivity index (χ0) is 25.4. The molecule has 3 aromatic rings. The van der Waals surface area contributed by atoms with Crippen LogP contribution in [0.15, 0.2) is 66.7 Å². The smallest absolute Gasteiger partial charge is 0.243 e. The maximum absolute atomic E-state index is 13.8.